The minimum Gasteiger partial charge on any atom is -0.490 e. The Labute approximate surface area is 142 Å². The number of benzene rings is 2. The average Bonchev–Trinajstić information content (AvgIpc) is 2.81. The van der Waals surface area contributed by atoms with Crippen molar-refractivity contribution in [2.75, 3.05) is 25.1 Å². The lowest BCUT2D eigenvalue weighted by molar-refractivity contribution is 0.297. The number of aryl methyl sites for hydroxylation is 1. The van der Waals surface area contributed by atoms with E-state index >= 15 is 0 Å². The lowest BCUT2D eigenvalue weighted by atomic mass is 10.1. The molecular formula is C19H23N3O2. The van der Waals surface area contributed by atoms with Gasteiger partial charge in [-0.3, -0.25) is 4.99 Å². The molecule has 0 amide bonds. The summed E-state index contributed by atoms with van der Waals surface area (Å²) in [4.78, 5) is 4.38. The first-order chi connectivity index (χ1) is 11.7. The van der Waals surface area contributed by atoms with Gasteiger partial charge in [-0.15, -0.1) is 0 Å². The summed E-state index contributed by atoms with van der Waals surface area (Å²) in [6.45, 7) is 4.07. The summed E-state index contributed by atoms with van der Waals surface area (Å²) in [5, 5.41) is 3.10. The number of ether oxygens (including phenoxy) is 2. The third-order valence-electron chi connectivity index (χ3n) is 3.82. The highest BCUT2D eigenvalue weighted by Crippen LogP contribution is 2.32. The van der Waals surface area contributed by atoms with Crippen molar-refractivity contribution in [2.24, 2.45) is 10.7 Å². The van der Waals surface area contributed by atoms with Crippen molar-refractivity contribution in [3.63, 3.8) is 0 Å². The smallest absolute Gasteiger partial charge is 0.193 e. The van der Waals surface area contributed by atoms with Gasteiger partial charge in [-0.05, 0) is 31.0 Å². The molecule has 1 heterocycles. The molecule has 24 heavy (non-hydrogen) atoms. The minimum atomic E-state index is 0.400. The zero-order valence-electron chi connectivity index (χ0n) is 13.9. The van der Waals surface area contributed by atoms with Crippen molar-refractivity contribution in [1.29, 1.82) is 0 Å². The Kier molecular flexibility index (Phi) is 5.21. The second kappa shape index (κ2) is 7.73. The van der Waals surface area contributed by atoms with E-state index in [9.17, 15) is 0 Å². The van der Waals surface area contributed by atoms with Gasteiger partial charge in [0.05, 0.1) is 13.2 Å². The Bertz CT molecular complexity index is 711. The van der Waals surface area contributed by atoms with Gasteiger partial charge in [0.15, 0.2) is 17.5 Å². The molecule has 1 aliphatic heterocycles. The molecule has 2 aromatic carbocycles. The molecule has 0 saturated heterocycles. The standard InChI is InChI=1S/C19H23N3O2/c1-14-3-5-15(6-4-14)9-10-21-19(20)22-16-7-8-17-18(13-16)24-12-2-11-23-17/h3-8,13H,2,9-12H2,1H3,(H3,20,21,22). The normalized spacial score (nSPS) is 14.1. The fraction of sp³-hybridized carbons (Fsp3) is 0.316. The summed E-state index contributed by atoms with van der Waals surface area (Å²) < 4.78 is 11.3. The Morgan fingerprint density at radius 3 is 2.62 bits per heavy atom. The first kappa shape index (κ1) is 16.2. The van der Waals surface area contributed by atoms with Gasteiger partial charge in [-0.25, -0.2) is 0 Å². The zero-order chi connectivity index (χ0) is 16.8. The maximum atomic E-state index is 5.97. The van der Waals surface area contributed by atoms with Gasteiger partial charge in [-0.1, -0.05) is 29.8 Å². The number of fused-ring (bicyclic) bond motifs is 1. The van der Waals surface area contributed by atoms with Gasteiger partial charge < -0.3 is 20.5 Å². The van der Waals surface area contributed by atoms with Gasteiger partial charge >= 0.3 is 0 Å². The second-order valence-electron chi connectivity index (χ2n) is 5.84. The maximum absolute atomic E-state index is 5.97. The molecule has 3 rings (SSSR count). The van der Waals surface area contributed by atoms with Crippen LogP contribution in [0.2, 0.25) is 0 Å². The molecule has 2 aromatic rings. The van der Waals surface area contributed by atoms with Crippen molar-refractivity contribution in [3.05, 3.63) is 53.6 Å². The number of nitrogens with zero attached hydrogens (tertiary/aromatic N) is 1. The molecule has 0 bridgehead atoms. The van der Waals surface area contributed by atoms with Gasteiger partial charge in [0.2, 0.25) is 0 Å². The van der Waals surface area contributed by atoms with Crippen LogP contribution in [0.3, 0.4) is 0 Å². The first-order valence-corrected chi connectivity index (χ1v) is 8.23. The molecule has 0 fully saturated rings. The largest absolute Gasteiger partial charge is 0.490 e. The summed E-state index contributed by atoms with van der Waals surface area (Å²) >= 11 is 0. The molecule has 0 aliphatic carbocycles. The quantitative estimate of drug-likeness (QED) is 0.669. The van der Waals surface area contributed by atoms with E-state index in [1.807, 2.05) is 18.2 Å². The minimum absolute atomic E-state index is 0.400. The van der Waals surface area contributed by atoms with E-state index in [0.29, 0.717) is 25.7 Å². The number of rotatable bonds is 4. The van der Waals surface area contributed by atoms with Crippen LogP contribution in [0.25, 0.3) is 0 Å². The van der Waals surface area contributed by atoms with E-state index < -0.39 is 0 Å². The van der Waals surface area contributed by atoms with Crippen LogP contribution < -0.4 is 20.5 Å². The fourth-order valence-corrected chi connectivity index (χ4v) is 2.49. The summed E-state index contributed by atoms with van der Waals surface area (Å²) in [6, 6.07) is 14.2. The number of nitrogens with two attached hydrogens (primary N) is 1. The molecule has 0 aromatic heterocycles. The lowest BCUT2D eigenvalue weighted by Crippen LogP contribution is -2.23. The summed E-state index contributed by atoms with van der Waals surface area (Å²) in [5.41, 5.74) is 9.33. The van der Waals surface area contributed by atoms with Crippen LogP contribution in [-0.4, -0.2) is 25.7 Å². The second-order valence-corrected chi connectivity index (χ2v) is 5.84. The molecular weight excluding hydrogens is 302 g/mol. The van der Waals surface area contributed by atoms with E-state index in [2.05, 4.69) is 41.5 Å². The van der Waals surface area contributed by atoms with E-state index in [1.54, 1.807) is 0 Å². The van der Waals surface area contributed by atoms with Crippen molar-refractivity contribution in [1.82, 2.24) is 0 Å². The average molecular weight is 325 g/mol. The number of anilines is 1. The molecule has 5 nitrogen and oxygen atoms in total. The van der Waals surface area contributed by atoms with E-state index in [-0.39, 0.29) is 0 Å². The molecule has 0 unspecified atom stereocenters. The van der Waals surface area contributed by atoms with Crippen LogP contribution in [0, 0.1) is 6.92 Å². The van der Waals surface area contributed by atoms with Gasteiger partial charge in [0, 0.05) is 24.7 Å². The molecule has 0 atom stereocenters. The molecule has 3 N–H and O–H groups in total. The topological polar surface area (TPSA) is 68.9 Å². The Morgan fingerprint density at radius 2 is 1.83 bits per heavy atom. The number of hydrogen-bond donors (Lipinski definition) is 2. The van der Waals surface area contributed by atoms with Crippen molar-refractivity contribution < 1.29 is 9.47 Å². The Hall–Kier alpha value is -2.69. The highest BCUT2D eigenvalue weighted by atomic mass is 16.5. The van der Waals surface area contributed by atoms with Crippen molar-refractivity contribution in [2.45, 2.75) is 19.8 Å². The summed E-state index contributed by atoms with van der Waals surface area (Å²) in [5.74, 6) is 1.91. The lowest BCUT2D eigenvalue weighted by Gasteiger charge is -2.10. The number of aliphatic imine (C=N–C) groups is 1. The zero-order valence-corrected chi connectivity index (χ0v) is 13.9. The predicted octanol–water partition coefficient (Wildman–Crippen LogP) is 3.13. The molecule has 0 radical (unpaired) electrons. The highest BCUT2D eigenvalue weighted by Gasteiger charge is 2.10. The van der Waals surface area contributed by atoms with Crippen LogP contribution in [0.5, 0.6) is 11.5 Å². The Morgan fingerprint density at radius 1 is 1.08 bits per heavy atom. The highest BCUT2D eigenvalue weighted by molar-refractivity contribution is 5.92. The van der Waals surface area contributed by atoms with E-state index in [4.69, 9.17) is 15.2 Å². The molecule has 0 saturated carbocycles. The van der Waals surface area contributed by atoms with Gasteiger partial charge in [0.25, 0.3) is 0 Å². The number of hydrogen-bond acceptors (Lipinski definition) is 3. The molecule has 126 valence electrons. The molecule has 1 aliphatic rings. The van der Waals surface area contributed by atoms with Crippen LogP contribution >= 0.6 is 0 Å². The monoisotopic (exact) mass is 325 g/mol. The van der Waals surface area contributed by atoms with Gasteiger partial charge in [0.1, 0.15) is 0 Å². The van der Waals surface area contributed by atoms with Crippen molar-refractivity contribution >= 4 is 11.6 Å². The molecule has 5 heteroatoms. The SMILES string of the molecule is Cc1ccc(CCN=C(N)Nc2ccc3c(c2)OCCCO3)cc1. The number of nitrogens with one attached hydrogen (secondary N) is 1. The van der Waals surface area contributed by atoms with E-state index in [1.165, 1.54) is 11.1 Å². The molecule has 0 spiro atoms. The Balaban J connectivity index is 1.56. The third-order valence-corrected chi connectivity index (χ3v) is 3.82. The predicted molar refractivity (Wildman–Crippen MR) is 97.0 cm³/mol. The van der Waals surface area contributed by atoms with Gasteiger partial charge in [-0.2, -0.15) is 0 Å². The third kappa shape index (κ3) is 4.41. The fourth-order valence-electron chi connectivity index (χ4n) is 2.49. The summed E-state index contributed by atoms with van der Waals surface area (Å²) in [7, 11) is 0. The van der Waals surface area contributed by atoms with Crippen LogP contribution in [0.15, 0.2) is 47.5 Å². The maximum Gasteiger partial charge on any atom is 0.193 e. The van der Waals surface area contributed by atoms with Crippen LogP contribution in [-0.2, 0) is 6.42 Å². The number of guanidine groups is 1. The van der Waals surface area contributed by atoms with E-state index in [0.717, 1.165) is 30.0 Å². The van der Waals surface area contributed by atoms with Crippen LogP contribution in [0.4, 0.5) is 5.69 Å². The first-order valence-electron chi connectivity index (χ1n) is 8.23. The van der Waals surface area contributed by atoms with Crippen LogP contribution in [0.1, 0.15) is 17.5 Å². The van der Waals surface area contributed by atoms with Crippen molar-refractivity contribution in [3.8, 4) is 11.5 Å². The summed E-state index contributed by atoms with van der Waals surface area (Å²) in [6.07, 6.45) is 1.75.